The second-order valence-corrected chi connectivity index (χ2v) is 7.54. The SMILES string of the molecule is c1ccc2nc(-c3cc(-c4ccc5ccccc5n4)cc(-c4ncncn4)c3)ccc2c1. The minimum Gasteiger partial charge on any atom is -0.248 e. The highest BCUT2D eigenvalue weighted by molar-refractivity contribution is 5.85. The smallest absolute Gasteiger partial charge is 0.162 e. The van der Waals surface area contributed by atoms with Crippen molar-refractivity contribution in [3.05, 3.63) is 104 Å². The van der Waals surface area contributed by atoms with E-state index in [0.717, 1.165) is 49.9 Å². The molecule has 5 heteroatoms. The van der Waals surface area contributed by atoms with E-state index in [1.165, 1.54) is 12.7 Å². The van der Waals surface area contributed by atoms with Crippen LogP contribution in [0.5, 0.6) is 0 Å². The predicted molar refractivity (Wildman–Crippen MR) is 127 cm³/mol. The number of para-hydroxylation sites is 2. The zero-order valence-electron chi connectivity index (χ0n) is 17.1. The molecule has 150 valence electrons. The molecule has 0 aliphatic heterocycles. The van der Waals surface area contributed by atoms with Gasteiger partial charge in [-0.2, -0.15) is 0 Å². The van der Waals surface area contributed by atoms with Crippen molar-refractivity contribution in [1.82, 2.24) is 24.9 Å². The summed E-state index contributed by atoms with van der Waals surface area (Å²) in [6.45, 7) is 0. The molecule has 0 aliphatic carbocycles. The zero-order valence-corrected chi connectivity index (χ0v) is 17.1. The van der Waals surface area contributed by atoms with Gasteiger partial charge < -0.3 is 0 Å². The van der Waals surface area contributed by atoms with E-state index in [2.05, 4.69) is 57.4 Å². The summed E-state index contributed by atoms with van der Waals surface area (Å²) in [5, 5.41) is 2.22. The average Bonchev–Trinajstić information content (AvgIpc) is 2.88. The normalized spacial score (nSPS) is 11.1. The van der Waals surface area contributed by atoms with Gasteiger partial charge in [-0.05, 0) is 42.5 Å². The Morgan fingerprint density at radius 3 is 1.53 bits per heavy atom. The number of rotatable bonds is 3. The lowest BCUT2D eigenvalue weighted by Crippen LogP contribution is -1.93. The van der Waals surface area contributed by atoms with E-state index in [-0.39, 0.29) is 0 Å². The van der Waals surface area contributed by atoms with Gasteiger partial charge in [0, 0.05) is 27.5 Å². The maximum atomic E-state index is 4.89. The summed E-state index contributed by atoms with van der Waals surface area (Å²) in [4.78, 5) is 22.4. The molecule has 32 heavy (non-hydrogen) atoms. The van der Waals surface area contributed by atoms with Crippen LogP contribution in [-0.2, 0) is 0 Å². The van der Waals surface area contributed by atoms with E-state index in [4.69, 9.17) is 9.97 Å². The molecule has 3 heterocycles. The molecular formula is C27H17N5. The predicted octanol–water partition coefficient (Wildman–Crippen LogP) is 5.97. The Morgan fingerprint density at radius 1 is 0.469 bits per heavy atom. The number of benzene rings is 3. The summed E-state index contributed by atoms with van der Waals surface area (Å²) in [5.41, 5.74) is 6.56. The van der Waals surface area contributed by atoms with Gasteiger partial charge in [-0.25, -0.2) is 24.9 Å². The Balaban J connectivity index is 1.56. The minimum atomic E-state index is 0.615. The first kappa shape index (κ1) is 18.3. The molecule has 6 rings (SSSR count). The molecule has 0 amide bonds. The van der Waals surface area contributed by atoms with Crippen LogP contribution in [-0.4, -0.2) is 24.9 Å². The van der Waals surface area contributed by atoms with Gasteiger partial charge in [0.2, 0.25) is 0 Å². The third-order valence-electron chi connectivity index (χ3n) is 5.47. The fourth-order valence-electron chi connectivity index (χ4n) is 3.89. The fourth-order valence-corrected chi connectivity index (χ4v) is 3.89. The number of hydrogen-bond donors (Lipinski definition) is 0. The van der Waals surface area contributed by atoms with Gasteiger partial charge >= 0.3 is 0 Å². The molecule has 0 saturated carbocycles. The van der Waals surface area contributed by atoms with Crippen molar-refractivity contribution in [2.75, 3.05) is 0 Å². The number of pyridine rings is 2. The Bertz CT molecular complexity index is 1480. The highest BCUT2D eigenvalue weighted by Crippen LogP contribution is 2.31. The quantitative estimate of drug-likeness (QED) is 0.359. The molecule has 0 saturated heterocycles. The van der Waals surface area contributed by atoms with Crippen LogP contribution in [0.3, 0.4) is 0 Å². The van der Waals surface area contributed by atoms with E-state index < -0.39 is 0 Å². The van der Waals surface area contributed by atoms with E-state index >= 15 is 0 Å². The van der Waals surface area contributed by atoms with Crippen LogP contribution in [0, 0.1) is 0 Å². The van der Waals surface area contributed by atoms with Crippen molar-refractivity contribution in [3.63, 3.8) is 0 Å². The molecule has 0 atom stereocenters. The van der Waals surface area contributed by atoms with Gasteiger partial charge in [-0.1, -0.05) is 48.5 Å². The van der Waals surface area contributed by atoms with E-state index in [0.29, 0.717) is 5.82 Å². The van der Waals surface area contributed by atoms with Gasteiger partial charge in [0.15, 0.2) is 5.82 Å². The molecule has 5 nitrogen and oxygen atoms in total. The molecule has 0 N–H and O–H groups in total. The molecule has 0 unspecified atom stereocenters. The van der Waals surface area contributed by atoms with Gasteiger partial charge in [-0.15, -0.1) is 0 Å². The Kier molecular flexibility index (Phi) is 4.36. The van der Waals surface area contributed by atoms with Crippen LogP contribution in [0.1, 0.15) is 0 Å². The fraction of sp³-hybridized carbons (Fsp3) is 0. The second kappa shape index (κ2) is 7.63. The first-order valence-electron chi connectivity index (χ1n) is 10.3. The number of aromatic nitrogens is 5. The standard InChI is InChI=1S/C27H17N5/c1-3-7-23-18(5-1)9-11-25(31-23)20-13-21(15-22(14-20)27-29-16-28-17-30-27)26-12-10-19-6-2-4-8-24(19)32-26/h1-17H. The first-order valence-corrected chi connectivity index (χ1v) is 10.3. The van der Waals surface area contributed by atoms with Crippen molar-refractivity contribution in [1.29, 1.82) is 0 Å². The van der Waals surface area contributed by atoms with Crippen LogP contribution in [0.15, 0.2) is 104 Å². The highest BCUT2D eigenvalue weighted by atomic mass is 15.0. The maximum absolute atomic E-state index is 4.89. The molecule has 0 fully saturated rings. The van der Waals surface area contributed by atoms with Gasteiger partial charge in [-0.3, -0.25) is 0 Å². The summed E-state index contributed by atoms with van der Waals surface area (Å²) >= 11 is 0. The monoisotopic (exact) mass is 411 g/mol. The number of hydrogen-bond acceptors (Lipinski definition) is 5. The third kappa shape index (κ3) is 3.36. The summed E-state index contributed by atoms with van der Waals surface area (Å²) in [6, 6.07) is 30.8. The van der Waals surface area contributed by atoms with Gasteiger partial charge in [0.05, 0.1) is 22.4 Å². The van der Waals surface area contributed by atoms with Crippen molar-refractivity contribution in [2.24, 2.45) is 0 Å². The molecule has 0 aliphatic rings. The minimum absolute atomic E-state index is 0.615. The molecule has 3 aromatic heterocycles. The van der Waals surface area contributed by atoms with Crippen LogP contribution in [0.4, 0.5) is 0 Å². The molecule has 6 aromatic rings. The van der Waals surface area contributed by atoms with Crippen molar-refractivity contribution < 1.29 is 0 Å². The lowest BCUT2D eigenvalue weighted by molar-refractivity contribution is 1.06. The van der Waals surface area contributed by atoms with Crippen LogP contribution >= 0.6 is 0 Å². The van der Waals surface area contributed by atoms with Crippen LogP contribution in [0.25, 0.3) is 55.7 Å². The Labute approximate surface area is 184 Å². The molecular weight excluding hydrogens is 394 g/mol. The van der Waals surface area contributed by atoms with Crippen LogP contribution < -0.4 is 0 Å². The summed E-state index contributed by atoms with van der Waals surface area (Å²) < 4.78 is 0. The summed E-state index contributed by atoms with van der Waals surface area (Å²) in [6.07, 6.45) is 3.02. The van der Waals surface area contributed by atoms with Crippen LogP contribution in [0.2, 0.25) is 0 Å². The summed E-state index contributed by atoms with van der Waals surface area (Å²) in [7, 11) is 0. The van der Waals surface area contributed by atoms with Crippen molar-refractivity contribution >= 4 is 21.8 Å². The zero-order chi connectivity index (χ0) is 21.3. The molecule has 3 aromatic carbocycles. The average molecular weight is 411 g/mol. The number of fused-ring (bicyclic) bond motifs is 2. The third-order valence-corrected chi connectivity index (χ3v) is 5.47. The lowest BCUT2D eigenvalue weighted by atomic mass is 9.99. The van der Waals surface area contributed by atoms with Gasteiger partial charge in [0.25, 0.3) is 0 Å². The highest BCUT2D eigenvalue weighted by Gasteiger charge is 2.11. The second-order valence-electron chi connectivity index (χ2n) is 7.54. The van der Waals surface area contributed by atoms with E-state index in [1.54, 1.807) is 0 Å². The van der Waals surface area contributed by atoms with Crippen molar-refractivity contribution in [3.8, 4) is 33.9 Å². The molecule has 0 bridgehead atoms. The Hall–Kier alpha value is -4.51. The largest absolute Gasteiger partial charge is 0.248 e. The van der Waals surface area contributed by atoms with Gasteiger partial charge in [0.1, 0.15) is 12.7 Å². The van der Waals surface area contributed by atoms with E-state index in [1.807, 2.05) is 48.5 Å². The van der Waals surface area contributed by atoms with E-state index in [9.17, 15) is 0 Å². The number of nitrogens with zero attached hydrogens (tertiary/aromatic N) is 5. The lowest BCUT2D eigenvalue weighted by Gasteiger charge is -2.10. The molecule has 0 spiro atoms. The Morgan fingerprint density at radius 2 is 0.969 bits per heavy atom. The maximum Gasteiger partial charge on any atom is 0.162 e. The van der Waals surface area contributed by atoms with Crippen molar-refractivity contribution in [2.45, 2.75) is 0 Å². The summed E-state index contributed by atoms with van der Waals surface area (Å²) in [5.74, 6) is 0.615. The first-order chi connectivity index (χ1) is 15.8. The topological polar surface area (TPSA) is 64.5 Å². The molecule has 0 radical (unpaired) electrons.